The van der Waals surface area contributed by atoms with Crippen molar-refractivity contribution in [1.82, 2.24) is 64.4 Å². The quantitative estimate of drug-likeness (QED) is 0.0459. The molecule has 5 aromatic carbocycles. The summed E-state index contributed by atoms with van der Waals surface area (Å²) >= 11 is 0. The number of likely N-dealkylation sites (N-methyl/N-ethyl adjacent to an activating group) is 1. The van der Waals surface area contributed by atoms with Crippen LogP contribution in [0.4, 0.5) is 0 Å². The van der Waals surface area contributed by atoms with Crippen LogP contribution in [0.25, 0.3) is 22.3 Å². The average Bonchev–Trinajstić information content (AvgIpc) is 1.60. The summed E-state index contributed by atoms with van der Waals surface area (Å²) in [5.41, 5.74) is 3.07. The lowest BCUT2D eigenvalue weighted by Crippen LogP contribution is -2.38. The third-order valence-corrected chi connectivity index (χ3v) is 15.7. The molecule has 4 aromatic heterocycles. The fraction of sp³-hybridized carbons (Fsp3) is 0.459. The molecule has 0 saturated heterocycles. The zero-order valence-corrected chi connectivity index (χ0v) is 63.1. The molecule has 0 spiro atoms. The van der Waals surface area contributed by atoms with E-state index in [2.05, 4.69) is 41.5 Å². The van der Waals surface area contributed by atoms with E-state index < -0.39 is 54.5 Å². The van der Waals surface area contributed by atoms with Crippen LogP contribution >= 0.6 is 0 Å². The highest BCUT2D eigenvalue weighted by Gasteiger charge is 2.20. The second kappa shape index (κ2) is 42.6. The van der Waals surface area contributed by atoms with E-state index >= 15 is 0 Å². The molecule has 7 atom stereocenters. The molecule has 21 N–H and O–H groups in total. The first kappa shape index (κ1) is 90.7. The number of H-pyrrole nitrogens is 1. The minimum absolute atomic E-state index is 0.0421. The summed E-state index contributed by atoms with van der Waals surface area (Å²) in [5.74, 6) is -0.539. The lowest BCUT2D eigenvalue weighted by Gasteiger charge is -2.23. The number of aliphatic hydroxyl groups is 8. The van der Waals surface area contributed by atoms with Crippen LogP contribution in [0.3, 0.4) is 0 Å². The van der Waals surface area contributed by atoms with Gasteiger partial charge in [-0.1, -0.05) is 70.2 Å². The Morgan fingerprint density at radius 2 is 0.915 bits per heavy atom. The number of phenols is 7. The molecule has 9 aromatic rings. The summed E-state index contributed by atoms with van der Waals surface area (Å²) in [7, 11) is 7.75. The summed E-state index contributed by atoms with van der Waals surface area (Å²) < 4.78 is 6.04. The lowest BCUT2D eigenvalue weighted by molar-refractivity contribution is 0.0820. The van der Waals surface area contributed by atoms with Gasteiger partial charge in [-0.15, -0.1) is 0 Å². The SMILES string of the molecule is CC(C)(C)NCC(O)c1cc(O)cc(O)c1.CC(C)(C)NCC(O)c1ccc(O)c(CO)c1.CC(C)NCC(O)c1cc(O)cc(O)c1.CC(C)NCC(O)c1ccc(O)c(O)c1.CN[C@@H](C)[C@H](O)c1ccccc1.Cn1c(=O)c2[nH]cnc2n(C)c1=O.Cn1c(=O)c2c(ncn2CC(O)CO)n(C)c1=O. The molecule has 0 amide bonds. The maximum absolute atomic E-state index is 12.0. The minimum atomic E-state index is -0.982. The Hall–Kier alpha value is -9.52. The number of hydrogen-bond acceptors (Lipinski definition) is 26. The highest BCUT2D eigenvalue weighted by molar-refractivity contribution is 5.70. The van der Waals surface area contributed by atoms with Crippen LogP contribution in [0, 0.1) is 0 Å². The first-order valence-corrected chi connectivity index (χ1v) is 34.0. The van der Waals surface area contributed by atoms with E-state index in [-0.39, 0.29) is 99.0 Å². The number of aliphatic hydroxyl groups excluding tert-OH is 8. The number of fused-ring (bicyclic) bond motifs is 2. The molecule has 5 unspecified atom stereocenters. The Bertz CT molecular complexity index is 4370. The number of nitrogens with zero attached hydrogens (tertiary/aromatic N) is 7. The van der Waals surface area contributed by atoms with Crippen LogP contribution in [0.1, 0.15) is 140 Å². The minimum Gasteiger partial charge on any atom is -0.508 e. The average molecular weight is 1490 g/mol. The molecule has 586 valence electrons. The topological polar surface area (TPSA) is 498 Å². The van der Waals surface area contributed by atoms with Gasteiger partial charge in [0.2, 0.25) is 0 Å². The van der Waals surface area contributed by atoms with E-state index in [1.165, 1.54) is 102 Å². The van der Waals surface area contributed by atoms with Gasteiger partial charge in [-0.3, -0.25) is 27.9 Å². The zero-order chi connectivity index (χ0) is 80.2. The van der Waals surface area contributed by atoms with E-state index in [1.807, 2.05) is 114 Å². The monoisotopic (exact) mass is 1490 g/mol. The molecule has 0 aliphatic rings. The third-order valence-electron chi connectivity index (χ3n) is 15.7. The number of imidazole rings is 2. The largest absolute Gasteiger partial charge is 0.508 e. The van der Waals surface area contributed by atoms with Crippen LogP contribution in [-0.2, 0) is 41.3 Å². The second-order valence-electron chi connectivity index (χ2n) is 27.7. The summed E-state index contributed by atoms with van der Waals surface area (Å²) in [6.07, 6.45) is -1.46. The van der Waals surface area contributed by atoms with Gasteiger partial charge in [0.15, 0.2) is 28.3 Å². The molecule has 32 heteroatoms. The molecule has 0 bridgehead atoms. The van der Waals surface area contributed by atoms with Gasteiger partial charge >= 0.3 is 11.4 Å². The number of aromatic hydroxyl groups is 7. The van der Waals surface area contributed by atoms with Crippen molar-refractivity contribution in [3.05, 3.63) is 191 Å². The Morgan fingerprint density at radius 1 is 0.481 bits per heavy atom. The van der Waals surface area contributed by atoms with Crippen molar-refractivity contribution < 1.29 is 76.6 Å². The number of benzene rings is 5. The smallest absolute Gasteiger partial charge is 0.332 e. The first-order valence-electron chi connectivity index (χ1n) is 34.0. The van der Waals surface area contributed by atoms with Gasteiger partial charge in [0.25, 0.3) is 11.1 Å². The number of β-amino-alcohol motifs (C(OH)–C–C–N with tert-alkyl or cyclic N) is 2. The molecule has 0 aliphatic carbocycles. The Kier molecular flexibility index (Phi) is 36.4. The molecule has 0 radical (unpaired) electrons. The van der Waals surface area contributed by atoms with E-state index in [0.717, 1.165) is 14.7 Å². The van der Waals surface area contributed by atoms with Crippen molar-refractivity contribution in [2.45, 2.75) is 155 Å². The maximum Gasteiger partial charge on any atom is 0.332 e. The molecule has 0 aliphatic heterocycles. The highest BCUT2D eigenvalue weighted by atomic mass is 16.3. The van der Waals surface area contributed by atoms with Gasteiger partial charge in [0.1, 0.15) is 34.3 Å². The van der Waals surface area contributed by atoms with E-state index in [1.54, 1.807) is 25.2 Å². The van der Waals surface area contributed by atoms with Crippen molar-refractivity contribution in [2.75, 3.05) is 39.8 Å². The van der Waals surface area contributed by atoms with Gasteiger partial charge < -0.3 is 113 Å². The van der Waals surface area contributed by atoms with Crippen molar-refractivity contribution >= 4 is 22.3 Å². The van der Waals surface area contributed by atoms with Crippen molar-refractivity contribution in [3.8, 4) is 40.2 Å². The number of rotatable bonds is 21. The first-order chi connectivity index (χ1) is 49.4. The van der Waals surface area contributed by atoms with E-state index in [9.17, 15) is 80.5 Å². The molecule has 32 nitrogen and oxygen atoms in total. The Morgan fingerprint density at radius 3 is 1.36 bits per heavy atom. The van der Waals surface area contributed by atoms with Crippen LogP contribution in [0.15, 0.2) is 135 Å². The molecular formula is C74H111N13O19. The molecule has 4 heterocycles. The fourth-order valence-corrected chi connectivity index (χ4v) is 9.47. The van der Waals surface area contributed by atoms with Crippen molar-refractivity contribution in [1.29, 1.82) is 0 Å². The summed E-state index contributed by atoms with van der Waals surface area (Å²) in [6.45, 7) is 23.0. The van der Waals surface area contributed by atoms with Gasteiger partial charge in [-0.05, 0) is 132 Å². The standard InChI is InChI=1S/C13H21NO3.C12H19NO3.2C11H17NO3.C10H14N4O4.C10H15NO.C7H8N4O2/c1-13(2,3)14-7-12(17)9-4-5-11(16)10(6-9)8-15;1-12(2,3)13-7-11(16)8-4-9(14)6-10(15)5-8;1-7(2)12-6-11(15)8-3-9(13)5-10(14)4-8;1-7(2)12-6-11(15)8-3-4-9(13)10(14)5-8;1-12-8-7(9(17)13(2)10(12)18)14(5-11-8)3-6(16)4-15;1-8(11-2)10(12)9-6-4-3-5-7-9;1-10-5-4(8-3-9-5)6(12)11(2)7(10)13/h4-6,12,14-17H,7-8H2,1-3H3;4-6,11,13-16H,7H2,1-3H3;2*3-5,7,11-15H,6H2,1-2H3;5-6,15-16H,3-4H2,1-2H3;3-8,10-12H,1-2H3;3H,1-2H3,(H,8,9)/t;;;;;8-,10-;/m.....0./s1. The molecule has 0 saturated carbocycles. The van der Waals surface area contributed by atoms with E-state index in [4.69, 9.17) is 15.3 Å². The maximum atomic E-state index is 12.0. The molecule has 0 fully saturated rings. The van der Waals surface area contributed by atoms with Gasteiger partial charge in [-0.25, -0.2) is 19.6 Å². The number of phenolic OH excluding ortho intramolecular Hbond substituents is 6. The number of hydrogen-bond donors (Lipinski definition) is 21. The van der Waals surface area contributed by atoms with Crippen LogP contribution in [0.2, 0.25) is 0 Å². The number of aromatic amines is 1. The second-order valence-corrected chi connectivity index (χ2v) is 27.7. The van der Waals surface area contributed by atoms with Gasteiger partial charge in [0, 0.05) is 101 Å². The fourth-order valence-electron chi connectivity index (χ4n) is 9.47. The van der Waals surface area contributed by atoms with Crippen LogP contribution in [0.5, 0.6) is 40.2 Å². The van der Waals surface area contributed by atoms with Crippen molar-refractivity contribution in [2.24, 2.45) is 28.2 Å². The van der Waals surface area contributed by atoms with Gasteiger partial charge in [-0.2, -0.15) is 0 Å². The zero-order valence-electron chi connectivity index (χ0n) is 63.1. The van der Waals surface area contributed by atoms with Crippen molar-refractivity contribution in [3.63, 3.8) is 0 Å². The number of nitrogens with one attached hydrogen (secondary N) is 6. The number of aromatic nitrogens is 8. The Labute approximate surface area is 615 Å². The predicted octanol–water partition coefficient (Wildman–Crippen LogP) is 3.16. The summed E-state index contributed by atoms with van der Waals surface area (Å²) in [4.78, 5) is 57.0. The summed E-state index contributed by atoms with van der Waals surface area (Å²) in [5, 5.41) is 157. The van der Waals surface area contributed by atoms with Crippen LogP contribution < -0.4 is 49.1 Å². The Balaban J connectivity index is 0.000000322. The van der Waals surface area contributed by atoms with Crippen LogP contribution in [-0.4, -0.2) is 190 Å². The normalized spacial score (nSPS) is 13.3. The number of aryl methyl sites for hydroxylation is 2. The molecule has 9 rings (SSSR count). The summed E-state index contributed by atoms with van der Waals surface area (Å²) in [6, 6.07) is 27.6. The third kappa shape index (κ3) is 29.4. The highest BCUT2D eigenvalue weighted by Crippen LogP contribution is 2.29. The lowest BCUT2D eigenvalue weighted by atomic mass is 10.0. The van der Waals surface area contributed by atoms with Gasteiger partial charge in [0.05, 0.1) is 69.0 Å². The predicted molar refractivity (Wildman–Crippen MR) is 405 cm³/mol. The van der Waals surface area contributed by atoms with E-state index in [0.29, 0.717) is 71.2 Å². The molecular weight excluding hydrogens is 1370 g/mol. The molecule has 106 heavy (non-hydrogen) atoms.